The second kappa shape index (κ2) is 9.57. The van der Waals surface area contributed by atoms with Crippen molar-refractivity contribution < 1.29 is 13.9 Å². The number of aryl methyl sites for hydroxylation is 2. The molecule has 1 aliphatic rings. The van der Waals surface area contributed by atoms with Crippen molar-refractivity contribution >= 4 is 16.9 Å². The van der Waals surface area contributed by atoms with Crippen LogP contribution in [0.1, 0.15) is 52.5 Å². The van der Waals surface area contributed by atoms with Crippen LogP contribution < -0.4 is 15.5 Å². The first-order valence-electron chi connectivity index (χ1n) is 11.2. The van der Waals surface area contributed by atoms with Crippen LogP contribution in [0.25, 0.3) is 11.0 Å². The molecule has 2 aromatic carbocycles. The van der Waals surface area contributed by atoms with E-state index >= 15 is 0 Å². The van der Waals surface area contributed by atoms with Crippen LogP contribution in [0, 0.1) is 13.8 Å². The molecule has 0 radical (unpaired) electrons. The lowest BCUT2D eigenvalue weighted by Gasteiger charge is -2.35. The van der Waals surface area contributed by atoms with Gasteiger partial charge in [0.15, 0.2) is 11.2 Å². The van der Waals surface area contributed by atoms with Crippen LogP contribution in [0.2, 0.25) is 0 Å². The minimum absolute atomic E-state index is 0.0431. The van der Waals surface area contributed by atoms with E-state index in [-0.39, 0.29) is 23.1 Å². The molecule has 1 atom stereocenters. The third-order valence-corrected chi connectivity index (χ3v) is 6.17. The Morgan fingerprint density at radius 2 is 1.81 bits per heavy atom. The minimum Gasteiger partial charge on any atom is -0.497 e. The smallest absolute Gasteiger partial charge is 0.287 e. The topological polar surface area (TPSA) is 71.8 Å². The fourth-order valence-corrected chi connectivity index (χ4v) is 4.51. The van der Waals surface area contributed by atoms with Gasteiger partial charge in [0.25, 0.3) is 5.91 Å². The van der Waals surface area contributed by atoms with Crippen molar-refractivity contribution in [1.29, 1.82) is 0 Å². The van der Waals surface area contributed by atoms with Crippen molar-refractivity contribution in [3.05, 3.63) is 75.1 Å². The van der Waals surface area contributed by atoms with E-state index in [0.29, 0.717) is 17.5 Å². The molecule has 1 unspecified atom stereocenters. The molecule has 0 saturated carbocycles. The Kier molecular flexibility index (Phi) is 6.61. The Bertz CT molecular complexity index is 1160. The number of hydrogen-bond acceptors (Lipinski definition) is 5. The molecule has 3 aromatic rings. The summed E-state index contributed by atoms with van der Waals surface area (Å²) in [5.41, 5.74) is 3.22. The molecule has 0 spiro atoms. The van der Waals surface area contributed by atoms with E-state index < -0.39 is 0 Å². The van der Waals surface area contributed by atoms with Gasteiger partial charge in [-0.2, -0.15) is 0 Å². The molecule has 1 saturated heterocycles. The zero-order chi connectivity index (χ0) is 22.7. The summed E-state index contributed by atoms with van der Waals surface area (Å²) in [4.78, 5) is 28.0. The van der Waals surface area contributed by atoms with E-state index in [1.54, 1.807) is 13.2 Å². The SMILES string of the molecule is COc1ccc(C(CNC(=O)c2cc(=O)c3cc(C)cc(C)c3o2)N2CCCCC2)cc1. The molecule has 1 N–H and O–H groups in total. The van der Waals surface area contributed by atoms with Crippen LogP contribution in [0.5, 0.6) is 5.75 Å². The van der Waals surface area contributed by atoms with Gasteiger partial charge in [-0.05, 0) is 74.7 Å². The summed E-state index contributed by atoms with van der Waals surface area (Å²) in [6.07, 6.45) is 3.54. The Morgan fingerprint density at radius 3 is 2.50 bits per heavy atom. The van der Waals surface area contributed by atoms with Gasteiger partial charge in [0.2, 0.25) is 0 Å². The van der Waals surface area contributed by atoms with Crippen molar-refractivity contribution in [3.8, 4) is 5.75 Å². The second-order valence-electron chi connectivity index (χ2n) is 8.53. The van der Waals surface area contributed by atoms with Gasteiger partial charge >= 0.3 is 0 Å². The lowest BCUT2D eigenvalue weighted by atomic mass is 10.0. The third kappa shape index (κ3) is 4.70. The van der Waals surface area contributed by atoms with Gasteiger partial charge in [-0.15, -0.1) is 0 Å². The highest BCUT2D eigenvalue weighted by Crippen LogP contribution is 2.26. The van der Waals surface area contributed by atoms with E-state index in [2.05, 4.69) is 10.2 Å². The van der Waals surface area contributed by atoms with E-state index in [4.69, 9.17) is 9.15 Å². The molecule has 4 rings (SSSR count). The number of likely N-dealkylation sites (tertiary alicyclic amines) is 1. The second-order valence-corrected chi connectivity index (χ2v) is 8.53. The lowest BCUT2D eigenvalue weighted by molar-refractivity contribution is 0.0897. The maximum Gasteiger partial charge on any atom is 0.287 e. The molecule has 1 amide bonds. The lowest BCUT2D eigenvalue weighted by Crippen LogP contribution is -2.40. The Hall–Kier alpha value is -3.12. The summed E-state index contributed by atoms with van der Waals surface area (Å²) in [6.45, 7) is 6.24. The third-order valence-electron chi connectivity index (χ3n) is 6.17. The monoisotopic (exact) mass is 434 g/mol. The van der Waals surface area contributed by atoms with Crippen molar-refractivity contribution in [3.63, 3.8) is 0 Å². The van der Waals surface area contributed by atoms with E-state index in [9.17, 15) is 9.59 Å². The van der Waals surface area contributed by atoms with Gasteiger partial charge in [0, 0.05) is 12.6 Å². The molecule has 32 heavy (non-hydrogen) atoms. The van der Waals surface area contributed by atoms with Gasteiger partial charge in [-0.3, -0.25) is 14.5 Å². The summed E-state index contributed by atoms with van der Waals surface area (Å²) in [7, 11) is 1.65. The number of methoxy groups -OCH3 is 1. The molecule has 1 aromatic heterocycles. The molecule has 1 fully saturated rings. The van der Waals surface area contributed by atoms with Crippen LogP contribution in [0.4, 0.5) is 0 Å². The van der Waals surface area contributed by atoms with Crippen molar-refractivity contribution in [2.75, 3.05) is 26.7 Å². The molecule has 6 heteroatoms. The van der Waals surface area contributed by atoms with E-state index in [0.717, 1.165) is 48.4 Å². The highest BCUT2D eigenvalue weighted by Gasteiger charge is 2.24. The molecular weight excluding hydrogens is 404 g/mol. The highest BCUT2D eigenvalue weighted by atomic mass is 16.5. The predicted octanol–water partition coefficient (Wildman–Crippen LogP) is 4.38. The number of carbonyl (C=O) groups is 1. The molecule has 0 bridgehead atoms. The summed E-state index contributed by atoms with van der Waals surface area (Å²) in [5, 5.41) is 3.50. The molecule has 2 heterocycles. The molecule has 1 aliphatic heterocycles. The number of fused-ring (bicyclic) bond motifs is 1. The maximum absolute atomic E-state index is 13.0. The van der Waals surface area contributed by atoms with Crippen molar-refractivity contribution in [2.24, 2.45) is 0 Å². The van der Waals surface area contributed by atoms with Crippen molar-refractivity contribution in [1.82, 2.24) is 10.2 Å². The van der Waals surface area contributed by atoms with Crippen LogP contribution in [-0.4, -0.2) is 37.6 Å². The average Bonchev–Trinajstić information content (AvgIpc) is 2.80. The quantitative estimate of drug-likeness (QED) is 0.624. The number of ether oxygens (including phenoxy) is 1. The van der Waals surface area contributed by atoms with Gasteiger partial charge in [-0.25, -0.2) is 0 Å². The fourth-order valence-electron chi connectivity index (χ4n) is 4.51. The number of rotatable bonds is 6. The molecule has 0 aliphatic carbocycles. The Labute approximate surface area is 188 Å². The number of piperidine rings is 1. The number of amides is 1. The first-order chi connectivity index (χ1) is 15.5. The number of benzene rings is 2. The van der Waals surface area contributed by atoms with Crippen molar-refractivity contribution in [2.45, 2.75) is 39.2 Å². The van der Waals surface area contributed by atoms with E-state index in [1.807, 2.05) is 44.2 Å². The largest absolute Gasteiger partial charge is 0.497 e. The van der Waals surface area contributed by atoms with Crippen LogP contribution in [0.3, 0.4) is 0 Å². The zero-order valence-corrected chi connectivity index (χ0v) is 18.9. The standard InChI is InChI=1S/C26H30N2O4/c1-17-13-18(2)25-21(14-17)23(29)15-24(32-25)26(30)27-16-22(28-11-5-4-6-12-28)19-7-9-20(31-3)10-8-19/h7-10,13-15,22H,4-6,11-12,16H2,1-3H3,(H,27,30). The first kappa shape index (κ1) is 22.1. The van der Waals surface area contributed by atoms with Crippen LogP contribution in [0.15, 0.2) is 51.7 Å². The van der Waals surface area contributed by atoms with Crippen LogP contribution >= 0.6 is 0 Å². The fraction of sp³-hybridized carbons (Fsp3) is 0.385. The summed E-state index contributed by atoms with van der Waals surface area (Å²) < 4.78 is 11.2. The average molecular weight is 435 g/mol. The minimum atomic E-state index is -0.375. The number of carbonyl (C=O) groups excluding carboxylic acids is 1. The van der Waals surface area contributed by atoms with Gasteiger partial charge in [0.05, 0.1) is 18.5 Å². The summed E-state index contributed by atoms with van der Waals surface area (Å²) in [5.74, 6) is 0.472. The Morgan fingerprint density at radius 1 is 1.09 bits per heavy atom. The molecular formula is C26H30N2O4. The van der Waals surface area contributed by atoms with Gasteiger partial charge in [-0.1, -0.05) is 24.6 Å². The molecule has 168 valence electrons. The number of nitrogens with one attached hydrogen (secondary N) is 1. The number of hydrogen-bond donors (Lipinski definition) is 1. The summed E-state index contributed by atoms with van der Waals surface area (Å²) in [6, 6.07) is 13.1. The normalized spacial score (nSPS) is 15.5. The summed E-state index contributed by atoms with van der Waals surface area (Å²) >= 11 is 0. The zero-order valence-electron chi connectivity index (χ0n) is 18.9. The van der Waals surface area contributed by atoms with Gasteiger partial charge < -0.3 is 14.5 Å². The van der Waals surface area contributed by atoms with Crippen LogP contribution in [-0.2, 0) is 0 Å². The predicted molar refractivity (Wildman–Crippen MR) is 125 cm³/mol. The van der Waals surface area contributed by atoms with Gasteiger partial charge in [0.1, 0.15) is 11.3 Å². The highest BCUT2D eigenvalue weighted by molar-refractivity contribution is 5.93. The number of nitrogens with zero attached hydrogens (tertiary/aromatic N) is 1. The molecule has 6 nitrogen and oxygen atoms in total. The Balaban J connectivity index is 1.57. The maximum atomic E-state index is 13.0. The van der Waals surface area contributed by atoms with E-state index in [1.165, 1.54) is 12.5 Å². The first-order valence-corrected chi connectivity index (χ1v) is 11.2.